The first-order chi connectivity index (χ1) is 26.3. The minimum atomic E-state index is -0.761. The fraction of sp³-hybridized carbons (Fsp3) is 0.938. The Morgan fingerprint density at radius 1 is 0.389 bits per heavy atom. The highest BCUT2D eigenvalue weighted by molar-refractivity contribution is 5.71. The predicted molar refractivity (Wildman–Crippen MR) is 229 cm³/mol. The standard InChI is InChI=1S/C48H92O6/c1-6-8-9-10-11-12-13-14-15-16-23-28-33-38-46(49)52-41-45(42-53-47(50)39-34-29-24-19-17-21-26-31-36-43(3)4)54-48(51)40-35-30-25-20-18-22-27-32-37-44(5)7-2/h43-45H,6-42H2,1-5H3/t44?,45-/m0/s1. The van der Waals surface area contributed by atoms with Crippen LogP contribution in [0.3, 0.4) is 0 Å². The Kier molecular flexibility index (Phi) is 39.8. The molecule has 6 nitrogen and oxygen atoms in total. The lowest BCUT2D eigenvalue weighted by atomic mass is 9.99. The number of hydrogen-bond donors (Lipinski definition) is 0. The number of rotatable bonds is 42. The van der Waals surface area contributed by atoms with E-state index in [1.807, 2.05) is 0 Å². The Morgan fingerprint density at radius 3 is 1.06 bits per heavy atom. The fourth-order valence-corrected chi connectivity index (χ4v) is 7.07. The van der Waals surface area contributed by atoms with Gasteiger partial charge in [0.15, 0.2) is 6.10 Å². The molecular weight excluding hydrogens is 673 g/mol. The lowest BCUT2D eigenvalue weighted by molar-refractivity contribution is -0.167. The van der Waals surface area contributed by atoms with Crippen molar-refractivity contribution in [3.63, 3.8) is 0 Å². The van der Waals surface area contributed by atoms with Gasteiger partial charge in [-0.1, -0.05) is 221 Å². The summed E-state index contributed by atoms with van der Waals surface area (Å²) in [6, 6.07) is 0. The molecule has 0 aromatic carbocycles. The van der Waals surface area contributed by atoms with E-state index < -0.39 is 6.10 Å². The van der Waals surface area contributed by atoms with E-state index in [0.29, 0.717) is 19.3 Å². The second-order valence-electron chi connectivity index (χ2n) is 17.1. The van der Waals surface area contributed by atoms with E-state index >= 15 is 0 Å². The zero-order valence-electron chi connectivity index (χ0n) is 36.8. The highest BCUT2D eigenvalue weighted by Crippen LogP contribution is 2.17. The maximum absolute atomic E-state index is 12.7. The average Bonchev–Trinajstić information content (AvgIpc) is 3.15. The molecule has 2 atom stereocenters. The van der Waals surface area contributed by atoms with Crippen LogP contribution in [-0.4, -0.2) is 37.2 Å². The largest absolute Gasteiger partial charge is 0.462 e. The van der Waals surface area contributed by atoms with Gasteiger partial charge in [-0.2, -0.15) is 0 Å². The topological polar surface area (TPSA) is 78.9 Å². The van der Waals surface area contributed by atoms with Crippen LogP contribution in [0.1, 0.15) is 259 Å². The summed E-state index contributed by atoms with van der Waals surface area (Å²) in [5.74, 6) is 0.784. The van der Waals surface area contributed by atoms with E-state index in [9.17, 15) is 14.4 Å². The SMILES string of the molecule is CCCCCCCCCCCCCCCC(=O)OC[C@@H](COC(=O)CCCCCCCCCCC(C)C)OC(=O)CCCCCCCCCCC(C)CC. The lowest BCUT2D eigenvalue weighted by Crippen LogP contribution is -2.30. The van der Waals surface area contributed by atoms with Gasteiger partial charge >= 0.3 is 17.9 Å². The van der Waals surface area contributed by atoms with Crippen molar-refractivity contribution in [2.24, 2.45) is 11.8 Å². The first-order valence-corrected chi connectivity index (χ1v) is 23.8. The van der Waals surface area contributed by atoms with Gasteiger partial charge in [0.25, 0.3) is 0 Å². The molecule has 320 valence electrons. The zero-order valence-corrected chi connectivity index (χ0v) is 36.8. The van der Waals surface area contributed by atoms with Gasteiger partial charge in [0.1, 0.15) is 13.2 Å². The third-order valence-corrected chi connectivity index (χ3v) is 11.1. The number of hydrogen-bond acceptors (Lipinski definition) is 6. The number of ether oxygens (including phenoxy) is 3. The van der Waals surface area contributed by atoms with E-state index in [1.54, 1.807) is 0 Å². The summed E-state index contributed by atoms with van der Waals surface area (Å²) >= 11 is 0. The van der Waals surface area contributed by atoms with Crippen LogP contribution in [0.2, 0.25) is 0 Å². The summed E-state index contributed by atoms with van der Waals surface area (Å²) in [4.78, 5) is 37.8. The van der Waals surface area contributed by atoms with E-state index in [4.69, 9.17) is 14.2 Å². The summed E-state index contributed by atoms with van der Waals surface area (Å²) in [7, 11) is 0. The first-order valence-electron chi connectivity index (χ1n) is 23.8. The van der Waals surface area contributed by atoms with Crippen molar-refractivity contribution in [2.75, 3.05) is 13.2 Å². The summed E-state index contributed by atoms with van der Waals surface area (Å²) in [5, 5.41) is 0. The molecule has 0 rings (SSSR count). The van der Waals surface area contributed by atoms with Gasteiger partial charge in [-0.25, -0.2) is 0 Å². The number of carbonyl (C=O) groups is 3. The van der Waals surface area contributed by atoms with Crippen molar-refractivity contribution >= 4 is 17.9 Å². The molecule has 0 amide bonds. The van der Waals surface area contributed by atoms with Gasteiger partial charge in [-0.3, -0.25) is 14.4 Å². The van der Waals surface area contributed by atoms with Crippen LogP contribution in [0.15, 0.2) is 0 Å². The van der Waals surface area contributed by atoms with Gasteiger partial charge in [0.05, 0.1) is 0 Å². The third-order valence-electron chi connectivity index (χ3n) is 11.1. The maximum atomic E-state index is 12.7. The van der Waals surface area contributed by atoms with Crippen molar-refractivity contribution in [1.82, 2.24) is 0 Å². The van der Waals surface area contributed by atoms with Crippen LogP contribution in [0.4, 0.5) is 0 Å². The van der Waals surface area contributed by atoms with E-state index in [1.165, 1.54) is 148 Å². The van der Waals surface area contributed by atoms with Gasteiger partial charge in [0, 0.05) is 19.3 Å². The van der Waals surface area contributed by atoms with Crippen LogP contribution in [0, 0.1) is 11.8 Å². The Morgan fingerprint density at radius 2 is 0.704 bits per heavy atom. The van der Waals surface area contributed by atoms with Gasteiger partial charge in [-0.05, 0) is 31.1 Å². The summed E-state index contributed by atoms with van der Waals surface area (Å²) in [6.07, 6.45) is 39.4. The van der Waals surface area contributed by atoms with Crippen LogP contribution in [0.25, 0.3) is 0 Å². The maximum Gasteiger partial charge on any atom is 0.306 e. The van der Waals surface area contributed by atoms with Gasteiger partial charge in [-0.15, -0.1) is 0 Å². The molecular formula is C48H92O6. The molecule has 0 N–H and O–H groups in total. The Balaban J connectivity index is 4.34. The van der Waals surface area contributed by atoms with Crippen LogP contribution in [-0.2, 0) is 28.6 Å². The molecule has 0 aliphatic carbocycles. The van der Waals surface area contributed by atoms with Crippen LogP contribution in [0.5, 0.6) is 0 Å². The van der Waals surface area contributed by atoms with E-state index in [0.717, 1.165) is 69.6 Å². The Labute approximate surface area is 336 Å². The molecule has 54 heavy (non-hydrogen) atoms. The second kappa shape index (κ2) is 41.1. The van der Waals surface area contributed by atoms with Crippen LogP contribution >= 0.6 is 0 Å². The van der Waals surface area contributed by atoms with Crippen LogP contribution < -0.4 is 0 Å². The molecule has 0 aliphatic rings. The van der Waals surface area contributed by atoms with E-state index in [-0.39, 0.29) is 31.1 Å². The quantitative estimate of drug-likeness (QED) is 0.0350. The van der Waals surface area contributed by atoms with Crippen molar-refractivity contribution in [3.8, 4) is 0 Å². The normalized spacial score (nSPS) is 12.6. The molecule has 0 saturated carbocycles. The molecule has 0 spiro atoms. The molecule has 0 radical (unpaired) electrons. The molecule has 0 aromatic heterocycles. The lowest BCUT2D eigenvalue weighted by Gasteiger charge is -2.18. The number of unbranched alkanes of at least 4 members (excludes halogenated alkanes) is 26. The zero-order chi connectivity index (χ0) is 39.7. The summed E-state index contributed by atoms with van der Waals surface area (Å²) in [5.41, 5.74) is 0. The van der Waals surface area contributed by atoms with Crippen molar-refractivity contribution in [1.29, 1.82) is 0 Å². The molecule has 1 unspecified atom stereocenters. The molecule has 0 bridgehead atoms. The Bertz CT molecular complexity index is 826. The Hall–Kier alpha value is -1.59. The van der Waals surface area contributed by atoms with E-state index in [2.05, 4.69) is 34.6 Å². The average molecular weight is 765 g/mol. The molecule has 0 fully saturated rings. The molecule has 6 heteroatoms. The summed E-state index contributed by atoms with van der Waals surface area (Å²) in [6.45, 7) is 11.3. The third kappa shape index (κ3) is 40.1. The predicted octanol–water partition coefficient (Wildman–Crippen LogP) is 15.0. The van der Waals surface area contributed by atoms with Gasteiger partial charge in [0.2, 0.25) is 0 Å². The second-order valence-corrected chi connectivity index (χ2v) is 17.1. The van der Waals surface area contributed by atoms with Crippen molar-refractivity contribution in [3.05, 3.63) is 0 Å². The highest BCUT2D eigenvalue weighted by atomic mass is 16.6. The first kappa shape index (κ1) is 52.4. The highest BCUT2D eigenvalue weighted by Gasteiger charge is 2.19. The number of esters is 3. The fourth-order valence-electron chi connectivity index (χ4n) is 7.07. The van der Waals surface area contributed by atoms with Gasteiger partial charge < -0.3 is 14.2 Å². The molecule has 0 aliphatic heterocycles. The minimum Gasteiger partial charge on any atom is -0.462 e. The minimum absolute atomic E-state index is 0.0650. The molecule has 0 heterocycles. The molecule has 0 aromatic rings. The monoisotopic (exact) mass is 765 g/mol. The van der Waals surface area contributed by atoms with Crippen molar-refractivity contribution in [2.45, 2.75) is 265 Å². The summed E-state index contributed by atoms with van der Waals surface area (Å²) < 4.78 is 16.7. The molecule has 0 saturated heterocycles. The smallest absolute Gasteiger partial charge is 0.306 e. The van der Waals surface area contributed by atoms with Crippen molar-refractivity contribution < 1.29 is 28.6 Å². The number of carbonyl (C=O) groups excluding carboxylic acids is 3.